The first-order valence-electron chi connectivity index (χ1n) is 8.15. The standard InChI is InChI=1S/C17H22N4O2/c22-17(20-7-3-10-21-11-9-18-13-21)12-23-16-6-8-19-15-5-2-1-4-14(15)16/h6,8-9,11,13H,1-5,7,10,12H2,(H,20,22). The van der Waals surface area contributed by atoms with Gasteiger partial charge in [0.05, 0.1) is 6.33 Å². The van der Waals surface area contributed by atoms with E-state index in [1.807, 2.05) is 16.8 Å². The Hall–Kier alpha value is -2.37. The van der Waals surface area contributed by atoms with Gasteiger partial charge in [-0.05, 0) is 38.2 Å². The molecule has 1 aliphatic rings. The van der Waals surface area contributed by atoms with Gasteiger partial charge >= 0.3 is 0 Å². The maximum Gasteiger partial charge on any atom is 0.257 e. The summed E-state index contributed by atoms with van der Waals surface area (Å²) in [4.78, 5) is 20.3. The minimum Gasteiger partial charge on any atom is -0.483 e. The molecule has 2 aromatic heterocycles. The van der Waals surface area contributed by atoms with Crippen LogP contribution in [0.15, 0.2) is 31.0 Å². The number of pyridine rings is 1. The van der Waals surface area contributed by atoms with Crippen molar-refractivity contribution in [3.05, 3.63) is 42.2 Å². The number of rotatable bonds is 7. The first-order chi connectivity index (χ1) is 11.3. The molecule has 3 rings (SSSR count). The van der Waals surface area contributed by atoms with E-state index in [1.54, 1.807) is 18.7 Å². The van der Waals surface area contributed by atoms with Crippen LogP contribution in [0.25, 0.3) is 0 Å². The fraction of sp³-hybridized carbons (Fsp3) is 0.471. The average molecular weight is 314 g/mol. The molecule has 6 heteroatoms. The molecule has 2 aromatic rings. The van der Waals surface area contributed by atoms with E-state index in [2.05, 4.69) is 15.3 Å². The van der Waals surface area contributed by atoms with Crippen LogP contribution in [0.3, 0.4) is 0 Å². The van der Waals surface area contributed by atoms with E-state index >= 15 is 0 Å². The third-order valence-corrected chi connectivity index (χ3v) is 4.03. The third-order valence-electron chi connectivity index (χ3n) is 4.03. The number of carbonyl (C=O) groups is 1. The molecule has 2 heterocycles. The van der Waals surface area contributed by atoms with Crippen molar-refractivity contribution in [2.24, 2.45) is 0 Å². The third kappa shape index (κ3) is 4.31. The number of ether oxygens (including phenoxy) is 1. The Balaban J connectivity index is 1.41. The summed E-state index contributed by atoms with van der Waals surface area (Å²) in [5, 5.41) is 2.88. The predicted molar refractivity (Wildman–Crippen MR) is 86.2 cm³/mol. The molecule has 1 amide bonds. The molecule has 0 fully saturated rings. The van der Waals surface area contributed by atoms with Crippen molar-refractivity contribution in [1.29, 1.82) is 0 Å². The fourth-order valence-electron chi connectivity index (χ4n) is 2.83. The van der Waals surface area contributed by atoms with Crippen molar-refractivity contribution in [1.82, 2.24) is 19.9 Å². The Bertz CT molecular complexity index is 640. The number of imidazole rings is 1. The molecule has 0 saturated heterocycles. The van der Waals surface area contributed by atoms with Crippen molar-refractivity contribution in [2.45, 2.75) is 38.6 Å². The first kappa shape index (κ1) is 15.5. The van der Waals surface area contributed by atoms with Gasteiger partial charge in [0.1, 0.15) is 5.75 Å². The highest BCUT2D eigenvalue weighted by atomic mass is 16.5. The lowest BCUT2D eigenvalue weighted by atomic mass is 9.95. The highest BCUT2D eigenvalue weighted by Gasteiger charge is 2.15. The van der Waals surface area contributed by atoms with Gasteiger partial charge in [-0.1, -0.05) is 0 Å². The summed E-state index contributed by atoms with van der Waals surface area (Å²) in [6.45, 7) is 1.54. The quantitative estimate of drug-likeness (QED) is 0.791. The number of hydrogen-bond acceptors (Lipinski definition) is 4. The molecular weight excluding hydrogens is 292 g/mol. The van der Waals surface area contributed by atoms with Gasteiger partial charge in [0, 0.05) is 42.9 Å². The van der Waals surface area contributed by atoms with Crippen LogP contribution < -0.4 is 10.1 Å². The number of carbonyl (C=O) groups excluding carboxylic acids is 1. The molecule has 0 unspecified atom stereocenters. The number of fused-ring (bicyclic) bond motifs is 1. The predicted octanol–water partition coefficient (Wildman–Crippen LogP) is 1.74. The van der Waals surface area contributed by atoms with Gasteiger partial charge in [-0.3, -0.25) is 9.78 Å². The summed E-state index contributed by atoms with van der Waals surface area (Å²) in [7, 11) is 0. The van der Waals surface area contributed by atoms with E-state index in [0.29, 0.717) is 6.54 Å². The zero-order valence-electron chi connectivity index (χ0n) is 13.2. The zero-order valence-corrected chi connectivity index (χ0v) is 13.2. The van der Waals surface area contributed by atoms with E-state index < -0.39 is 0 Å². The molecule has 6 nitrogen and oxygen atoms in total. The zero-order chi connectivity index (χ0) is 15.9. The molecule has 1 aliphatic carbocycles. The van der Waals surface area contributed by atoms with Crippen LogP contribution in [-0.2, 0) is 24.2 Å². The Labute approximate surface area is 135 Å². The van der Waals surface area contributed by atoms with Crippen LogP contribution in [0.4, 0.5) is 0 Å². The molecule has 23 heavy (non-hydrogen) atoms. The molecule has 0 aliphatic heterocycles. The Morgan fingerprint density at radius 2 is 2.22 bits per heavy atom. The molecule has 0 radical (unpaired) electrons. The molecule has 0 atom stereocenters. The van der Waals surface area contributed by atoms with Crippen LogP contribution in [0.1, 0.15) is 30.5 Å². The van der Waals surface area contributed by atoms with Gasteiger partial charge in [0.2, 0.25) is 0 Å². The van der Waals surface area contributed by atoms with Crippen LogP contribution in [0.5, 0.6) is 5.75 Å². The van der Waals surface area contributed by atoms with E-state index in [4.69, 9.17) is 4.74 Å². The van der Waals surface area contributed by atoms with E-state index in [-0.39, 0.29) is 12.5 Å². The maximum absolute atomic E-state index is 11.9. The largest absolute Gasteiger partial charge is 0.483 e. The van der Waals surface area contributed by atoms with Crippen LogP contribution in [0, 0.1) is 0 Å². The topological polar surface area (TPSA) is 69.0 Å². The minimum atomic E-state index is -0.0861. The number of nitrogens with zero attached hydrogens (tertiary/aromatic N) is 3. The molecular formula is C17H22N4O2. The van der Waals surface area contributed by atoms with Crippen molar-refractivity contribution < 1.29 is 9.53 Å². The molecule has 0 spiro atoms. The lowest BCUT2D eigenvalue weighted by Gasteiger charge is -2.18. The molecule has 0 aromatic carbocycles. The van der Waals surface area contributed by atoms with E-state index in [1.165, 1.54) is 12.0 Å². The molecule has 0 bridgehead atoms. The molecule has 1 N–H and O–H groups in total. The maximum atomic E-state index is 11.9. The number of hydrogen-bond donors (Lipinski definition) is 1. The highest BCUT2D eigenvalue weighted by Crippen LogP contribution is 2.27. The lowest BCUT2D eigenvalue weighted by Crippen LogP contribution is -2.30. The fourth-order valence-corrected chi connectivity index (χ4v) is 2.83. The van der Waals surface area contributed by atoms with Gasteiger partial charge in [0.25, 0.3) is 5.91 Å². The van der Waals surface area contributed by atoms with Crippen LogP contribution >= 0.6 is 0 Å². The highest BCUT2D eigenvalue weighted by molar-refractivity contribution is 5.77. The van der Waals surface area contributed by atoms with Crippen molar-refractivity contribution in [3.8, 4) is 5.75 Å². The summed E-state index contributed by atoms with van der Waals surface area (Å²) in [6.07, 6.45) is 12.4. The summed E-state index contributed by atoms with van der Waals surface area (Å²) in [5.74, 6) is 0.722. The minimum absolute atomic E-state index is 0.0571. The van der Waals surface area contributed by atoms with Gasteiger partial charge in [-0.15, -0.1) is 0 Å². The number of aryl methyl sites for hydroxylation is 2. The average Bonchev–Trinajstić information content (AvgIpc) is 3.10. The Morgan fingerprint density at radius 3 is 3.09 bits per heavy atom. The van der Waals surface area contributed by atoms with Crippen LogP contribution in [0.2, 0.25) is 0 Å². The van der Waals surface area contributed by atoms with Crippen molar-refractivity contribution >= 4 is 5.91 Å². The monoisotopic (exact) mass is 314 g/mol. The van der Waals surface area contributed by atoms with Crippen molar-refractivity contribution in [2.75, 3.05) is 13.2 Å². The van der Waals surface area contributed by atoms with E-state index in [0.717, 1.165) is 43.7 Å². The second-order valence-electron chi connectivity index (χ2n) is 5.73. The van der Waals surface area contributed by atoms with E-state index in [9.17, 15) is 4.79 Å². The van der Waals surface area contributed by atoms with Gasteiger partial charge in [-0.25, -0.2) is 4.98 Å². The number of aromatic nitrogens is 3. The smallest absolute Gasteiger partial charge is 0.257 e. The SMILES string of the molecule is O=C(COc1ccnc2c1CCCC2)NCCCn1ccnc1. The van der Waals surface area contributed by atoms with Crippen LogP contribution in [-0.4, -0.2) is 33.6 Å². The number of amides is 1. The summed E-state index contributed by atoms with van der Waals surface area (Å²) >= 11 is 0. The Kier molecular flexibility index (Phi) is 5.24. The Morgan fingerprint density at radius 1 is 1.30 bits per heavy atom. The summed E-state index contributed by atoms with van der Waals surface area (Å²) in [5.41, 5.74) is 2.29. The summed E-state index contributed by atoms with van der Waals surface area (Å²) in [6, 6.07) is 1.86. The second-order valence-corrected chi connectivity index (χ2v) is 5.73. The van der Waals surface area contributed by atoms with Crippen molar-refractivity contribution in [3.63, 3.8) is 0 Å². The van der Waals surface area contributed by atoms with Gasteiger partial charge in [0.15, 0.2) is 6.61 Å². The van der Waals surface area contributed by atoms with Gasteiger partial charge in [-0.2, -0.15) is 0 Å². The van der Waals surface area contributed by atoms with Gasteiger partial charge < -0.3 is 14.6 Å². The lowest BCUT2D eigenvalue weighted by molar-refractivity contribution is -0.123. The normalized spacial score (nSPS) is 13.4. The summed E-state index contributed by atoms with van der Waals surface area (Å²) < 4.78 is 7.69. The second kappa shape index (κ2) is 7.76. The number of nitrogens with one attached hydrogen (secondary N) is 1. The first-order valence-corrected chi connectivity index (χ1v) is 8.15. The molecule has 122 valence electrons. The molecule has 0 saturated carbocycles.